The summed E-state index contributed by atoms with van der Waals surface area (Å²) in [4.78, 5) is 25.7. The third-order valence-corrected chi connectivity index (χ3v) is 4.60. The van der Waals surface area contributed by atoms with E-state index in [-0.39, 0.29) is 11.9 Å². The van der Waals surface area contributed by atoms with E-state index >= 15 is 0 Å². The first kappa shape index (κ1) is 18.3. The Balaban J connectivity index is 1.86. The molecule has 0 spiro atoms. The summed E-state index contributed by atoms with van der Waals surface area (Å²) in [7, 11) is 0. The quantitative estimate of drug-likeness (QED) is 0.870. The number of carbonyl (C=O) groups excluding carboxylic acids is 2. The van der Waals surface area contributed by atoms with Crippen molar-refractivity contribution < 1.29 is 9.59 Å². The minimum atomic E-state index is -0.133. The van der Waals surface area contributed by atoms with Crippen molar-refractivity contribution in [2.45, 2.75) is 58.9 Å². The molecule has 1 saturated carbocycles. The zero-order valence-corrected chi connectivity index (χ0v) is 15.0. The Morgan fingerprint density at radius 3 is 2.54 bits per heavy atom. The second-order valence-corrected chi connectivity index (χ2v) is 6.70. The molecule has 0 aromatic heterocycles. The number of urea groups is 1. The van der Waals surface area contributed by atoms with Crippen LogP contribution in [0.3, 0.4) is 0 Å². The van der Waals surface area contributed by atoms with Gasteiger partial charge in [0.15, 0.2) is 0 Å². The molecule has 1 fully saturated rings. The maximum atomic E-state index is 12.0. The number of rotatable bonds is 5. The highest BCUT2D eigenvalue weighted by molar-refractivity contribution is 5.92. The van der Waals surface area contributed by atoms with Gasteiger partial charge in [-0.05, 0) is 43.9 Å². The summed E-state index contributed by atoms with van der Waals surface area (Å²) < 4.78 is 0. The normalized spacial score (nSPS) is 15.0. The molecule has 1 aliphatic carbocycles. The predicted octanol–water partition coefficient (Wildman–Crippen LogP) is 3.29. The van der Waals surface area contributed by atoms with Gasteiger partial charge in [0.2, 0.25) is 5.91 Å². The number of amides is 3. The number of carbonyl (C=O) groups is 2. The summed E-state index contributed by atoms with van der Waals surface area (Å²) in [5, 5.41) is 5.90. The SMILES string of the molecule is CC(=O)N(CCNC(=O)NC1CCCCC1)c1cc(C)ccc1C. The molecule has 0 aliphatic heterocycles. The third kappa shape index (κ3) is 5.25. The smallest absolute Gasteiger partial charge is 0.315 e. The van der Waals surface area contributed by atoms with Crippen molar-refractivity contribution in [2.24, 2.45) is 0 Å². The fourth-order valence-electron chi connectivity index (χ4n) is 3.22. The molecule has 1 aliphatic rings. The molecule has 0 atom stereocenters. The largest absolute Gasteiger partial charge is 0.336 e. The van der Waals surface area contributed by atoms with Crippen LogP contribution in [0, 0.1) is 13.8 Å². The molecule has 0 unspecified atom stereocenters. The van der Waals surface area contributed by atoms with Gasteiger partial charge >= 0.3 is 6.03 Å². The number of nitrogens with one attached hydrogen (secondary N) is 2. The van der Waals surface area contributed by atoms with E-state index in [0.29, 0.717) is 19.1 Å². The van der Waals surface area contributed by atoms with E-state index in [1.54, 1.807) is 11.8 Å². The lowest BCUT2D eigenvalue weighted by molar-refractivity contribution is -0.116. The van der Waals surface area contributed by atoms with Gasteiger partial charge in [0, 0.05) is 31.7 Å². The monoisotopic (exact) mass is 331 g/mol. The summed E-state index contributed by atoms with van der Waals surface area (Å²) in [6.45, 7) is 6.47. The lowest BCUT2D eigenvalue weighted by Gasteiger charge is -2.25. The first-order valence-electron chi connectivity index (χ1n) is 8.87. The second kappa shape index (κ2) is 8.71. The van der Waals surface area contributed by atoms with Gasteiger partial charge in [0.1, 0.15) is 0 Å². The van der Waals surface area contributed by atoms with Gasteiger partial charge in [0.05, 0.1) is 0 Å². The van der Waals surface area contributed by atoms with E-state index in [9.17, 15) is 9.59 Å². The maximum absolute atomic E-state index is 12.0. The van der Waals surface area contributed by atoms with E-state index in [1.165, 1.54) is 19.3 Å². The van der Waals surface area contributed by atoms with Crippen LogP contribution in [0.1, 0.15) is 50.2 Å². The number of aryl methyl sites for hydroxylation is 2. The van der Waals surface area contributed by atoms with E-state index in [2.05, 4.69) is 10.6 Å². The van der Waals surface area contributed by atoms with Crippen LogP contribution in [0.2, 0.25) is 0 Å². The van der Waals surface area contributed by atoms with Crippen LogP contribution in [0.4, 0.5) is 10.5 Å². The van der Waals surface area contributed by atoms with Crippen molar-refractivity contribution in [3.8, 4) is 0 Å². The molecule has 1 aromatic rings. The lowest BCUT2D eigenvalue weighted by Crippen LogP contribution is -2.45. The van der Waals surface area contributed by atoms with Crippen molar-refractivity contribution in [1.82, 2.24) is 10.6 Å². The van der Waals surface area contributed by atoms with Crippen molar-refractivity contribution in [3.63, 3.8) is 0 Å². The summed E-state index contributed by atoms with van der Waals surface area (Å²) in [5.41, 5.74) is 3.09. The van der Waals surface area contributed by atoms with Gasteiger partial charge in [-0.2, -0.15) is 0 Å². The molecule has 2 N–H and O–H groups in total. The van der Waals surface area contributed by atoms with Crippen molar-refractivity contribution in [2.75, 3.05) is 18.0 Å². The van der Waals surface area contributed by atoms with Gasteiger partial charge in [-0.25, -0.2) is 4.79 Å². The van der Waals surface area contributed by atoms with Crippen LogP contribution in [0.15, 0.2) is 18.2 Å². The third-order valence-electron chi connectivity index (χ3n) is 4.60. The van der Waals surface area contributed by atoms with Gasteiger partial charge in [-0.15, -0.1) is 0 Å². The molecule has 24 heavy (non-hydrogen) atoms. The molecule has 3 amide bonds. The molecule has 5 heteroatoms. The van der Waals surface area contributed by atoms with Gasteiger partial charge in [-0.3, -0.25) is 4.79 Å². The zero-order chi connectivity index (χ0) is 17.5. The first-order valence-corrected chi connectivity index (χ1v) is 8.87. The number of anilines is 1. The molecular weight excluding hydrogens is 302 g/mol. The highest BCUT2D eigenvalue weighted by Gasteiger charge is 2.17. The molecule has 1 aromatic carbocycles. The van der Waals surface area contributed by atoms with E-state index in [1.807, 2.05) is 32.0 Å². The lowest BCUT2D eigenvalue weighted by atomic mass is 9.96. The fourth-order valence-corrected chi connectivity index (χ4v) is 3.22. The average Bonchev–Trinajstić information content (AvgIpc) is 2.55. The van der Waals surface area contributed by atoms with E-state index in [0.717, 1.165) is 29.7 Å². The van der Waals surface area contributed by atoms with Crippen LogP contribution in [0.25, 0.3) is 0 Å². The summed E-state index contributed by atoms with van der Waals surface area (Å²) in [6.07, 6.45) is 5.78. The number of hydrogen-bond acceptors (Lipinski definition) is 2. The topological polar surface area (TPSA) is 61.4 Å². The van der Waals surface area contributed by atoms with Gasteiger partial charge in [0.25, 0.3) is 0 Å². The Morgan fingerprint density at radius 2 is 1.88 bits per heavy atom. The predicted molar refractivity (Wildman–Crippen MR) is 97.4 cm³/mol. The zero-order valence-electron chi connectivity index (χ0n) is 15.0. The Morgan fingerprint density at radius 1 is 1.17 bits per heavy atom. The standard InChI is InChI=1S/C19H29N3O2/c1-14-9-10-15(2)18(13-14)22(16(3)23)12-11-20-19(24)21-17-7-5-4-6-8-17/h9-10,13,17H,4-8,11-12H2,1-3H3,(H2,20,21,24). The van der Waals surface area contributed by atoms with Crippen LogP contribution < -0.4 is 15.5 Å². The van der Waals surface area contributed by atoms with Crippen LogP contribution in [-0.4, -0.2) is 31.1 Å². The summed E-state index contributed by atoms with van der Waals surface area (Å²) in [5.74, 6) is -0.0156. The minimum absolute atomic E-state index is 0.0156. The van der Waals surface area contributed by atoms with Crippen LogP contribution >= 0.6 is 0 Å². The highest BCUT2D eigenvalue weighted by Crippen LogP contribution is 2.21. The summed E-state index contributed by atoms with van der Waals surface area (Å²) >= 11 is 0. The van der Waals surface area contributed by atoms with Gasteiger partial charge in [-0.1, -0.05) is 31.4 Å². The molecule has 132 valence electrons. The molecule has 0 radical (unpaired) electrons. The molecular formula is C19H29N3O2. The second-order valence-electron chi connectivity index (χ2n) is 6.70. The van der Waals surface area contributed by atoms with Crippen molar-refractivity contribution >= 4 is 17.6 Å². The molecule has 0 saturated heterocycles. The van der Waals surface area contributed by atoms with E-state index < -0.39 is 0 Å². The molecule has 0 bridgehead atoms. The number of benzene rings is 1. The average molecular weight is 331 g/mol. The van der Waals surface area contributed by atoms with Crippen LogP contribution in [-0.2, 0) is 4.79 Å². The fraction of sp³-hybridized carbons (Fsp3) is 0.579. The highest BCUT2D eigenvalue weighted by atomic mass is 16.2. The molecule has 2 rings (SSSR count). The Kier molecular flexibility index (Phi) is 6.64. The van der Waals surface area contributed by atoms with Gasteiger partial charge < -0.3 is 15.5 Å². The maximum Gasteiger partial charge on any atom is 0.315 e. The Hall–Kier alpha value is -2.04. The van der Waals surface area contributed by atoms with Crippen molar-refractivity contribution in [3.05, 3.63) is 29.3 Å². The molecule has 5 nitrogen and oxygen atoms in total. The molecule has 0 heterocycles. The van der Waals surface area contributed by atoms with E-state index in [4.69, 9.17) is 0 Å². The Labute approximate surface area is 144 Å². The Bertz CT molecular complexity index is 580. The summed E-state index contributed by atoms with van der Waals surface area (Å²) in [6, 6.07) is 6.23. The van der Waals surface area contributed by atoms with Crippen LogP contribution in [0.5, 0.6) is 0 Å². The number of nitrogens with zero attached hydrogens (tertiary/aromatic N) is 1. The van der Waals surface area contributed by atoms with Crippen molar-refractivity contribution in [1.29, 1.82) is 0 Å². The number of hydrogen-bond donors (Lipinski definition) is 2. The minimum Gasteiger partial charge on any atom is -0.336 e. The first-order chi connectivity index (χ1) is 11.5.